The maximum atomic E-state index is 13.4. The number of rotatable bonds is 4. The van der Waals surface area contributed by atoms with Gasteiger partial charge in [0.25, 0.3) is 0 Å². The predicted molar refractivity (Wildman–Crippen MR) is 73.6 cm³/mol. The number of benzene rings is 2. The fraction of sp³-hybridized carbons (Fsp3) is 0.0769. The minimum absolute atomic E-state index is 0.0279. The van der Waals surface area contributed by atoms with E-state index in [0.717, 1.165) is 0 Å². The minimum atomic E-state index is -3.97. The van der Waals surface area contributed by atoms with Crippen molar-refractivity contribution < 1.29 is 17.5 Å². The van der Waals surface area contributed by atoms with Gasteiger partial charge in [0.2, 0.25) is 10.0 Å². The molecule has 0 spiro atoms. The van der Waals surface area contributed by atoms with Crippen LogP contribution in [0, 0.1) is 5.82 Å². The molecule has 0 atom stereocenters. The lowest BCUT2D eigenvalue weighted by molar-refractivity contribution is 0.292. The van der Waals surface area contributed by atoms with Gasteiger partial charge in [-0.1, -0.05) is 29.8 Å². The van der Waals surface area contributed by atoms with E-state index in [4.69, 9.17) is 21.5 Å². The molecule has 0 fully saturated rings. The standard InChI is InChI=1S/C13H11ClFNO3S/c14-10-5-6-12(13(7-10)20(16,17)18)19-8-9-3-1-2-4-11(9)15/h1-7H,8H2,(H2,16,17,18). The highest BCUT2D eigenvalue weighted by molar-refractivity contribution is 7.89. The summed E-state index contributed by atoms with van der Waals surface area (Å²) in [4.78, 5) is -0.235. The number of halogens is 2. The summed E-state index contributed by atoms with van der Waals surface area (Å²) in [6.07, 6.45) is 0. The van der Waals surface area contributed by atoms with Gasteiger partial charge in [-0.15, -0.1) is 0 Å². The molecule has 0 unspecified atom stereocenters. The van der Waals surface area contributed by atoms with E-state index < -0.39 is 15.8 Å². The second kappa shape index (κ2) is 5.78. The van der Waals surface area contributed by atoms with Crippen molar-refractivity contribution in [3.63, 3.8) is 0 Å². The molecule has 20 heavy (non-hydrogen) atoms. The summed E-state index contributed by atoms with van der Waals surface area (Å²) in [6.45, 7) is -0.114. The molecule has 4 nitrogen and oxygen atoms in total. The first-order valence-electron chi connectivity index (χ1n) is 5.56. The van der Waals surface area contributed by atoms with E-state index in [-0.39, 0.29) is 22.3 Å². The van der Waals surface area contributed by atoms with Gasteiger partial charge in [0.05, 0.1) is 0 Å². The van der Waals surface area contributed by atoms with Gasteiger partial charge in [-0.3, -0.25) is 0 Å². The maximum absolute atomic E-state index is 13.4. The van der Waals surface area contributed by atoms with E-state index in [1.165, 1.54) is 24.3 Å². The molecule has 0 saturated heterocycles. The van der Waals surface area contributed by atoms with Crippen LogP contribution in [0.4, 0.5) is 4.39 Å². The van der Waals surface area contributed by atoms with Gasteiger partial charge in [-0.25, -0.2) is 17.9 Å². The number of ether oxygens (including phenoxy) is 1. The molecule has 0 saturated carbocycles. The third-order valence-corrected chi connectivity index (χ3v) is 3.72. The summed E-state index contributed by atoms with van der Waals surface area (Å²) in [7, 11) is -3.97. The highest BCUT2D eigenvalue weighted by atomic mass is 35.5. The Labute approximate surface area is 121 Å². The summed E-state index contributed by atoms with van der Waals surface area (Å²) >= 11 is 5.73. The number of nitrogens with two attached hydrogens (primary N) is 1. The fourth-order valence-corrected chi connectivity index (χ4v) is 2.53. The maximum Gasteiger partial charge on any atom is 0.241 e. The van der Waals surface area contributed by atoms with Gasteiger partial charge in [-0.05, 0) is 24.3 Å². The van der Waals surface area contributed by atoms with Crippen molar-refractivity contribution in [2.24, 2.45) is 5.14 Å². The Balaban J connectivity index is 2.29. The third kappa shape index (κ3) is 3.47. The molecular weight excluding hydrogens is 305 g/mol. The van der Waals surface area contributed by atoms with Crippen LogP contribution in [-0.4, -0.2) is 8.42 Å². The number of hydrogen-bond acceptors (Lipinski definition) is 3. The van der Waals surface area contributed by atoms with Crippen LogP contribution in [0.2, 0.25) is 5.02 Å². The molecule has 0 aromatic heterocycles. The van der Waals surface area contributed by atoms with Crippen LogP contribution in [-0.2, 0) is 16.6 Å². The zero-order chi connectivity index (χ0) is 14.8. The van der Waals surface area contributed by atoms with Gasteiger partial charge in [-0.2, -0.15) is 0 Å². The molecule has 2 N–H and O–H groups in total. The van der Waals surface area contributed by atoms with E-state index in [0.29, 0.717) is 5.56 Å². The quantitative estimate of drug-likeness (QED) is 0.943. The normalized spacial score (nSPS) is 11.3. The Kier molecular flexibility index (Phi) is 4.27. The van der Waals surface area contributed by atoms with E-state index in [9.17, 15) is 12.8 Å². The summed E-state index contributed by atoms with van der Waals surface area (Å²) in [5.74, 6) is -0.404. The van der Waals surface area contributed by atoms with Crippen molar-refractivity contribution in [1.82, 2.24) is 0 Å². The Morgan fingerprint density at radius 2 is 1.90 bits per heavy atom. The molecule has 0 heterocycles. The fourth-order valence-electron chi connectivity index (χ4n) is 1.59. The van der Waals surface area contributed by atoms with Gasteiger partial charge >= 0.3 is 0 Å². The molecule has 7 heteroatoms. The summed E-state index contributed by atoms with van der Waals surface area (Å²) < 4.78 is 41.7. The van der Waals surface area contributed by atoms with E-state index >= 15 is 0 Å². The lowest BCUT2D eigenvalue weighted by atomic mass is 10.2. The van der Waals surface area contributed by atoms with Crippen LogP contribution in [0.25, 0.3) is 0 Å². The molecule has 0 aliphatic carbocycles. The molecule has 0 bridgehead atoms. The molecule has 0 aliphatic rings. The highest BCUT2D eigenvalue weighted by Gasteiger charge is 2.16. The van der Waals surface area contributed by atoms with Crippen molar-refractivity contribution in [2.75, 3.05) is 0 Å². The van der Waals surface area contributed by atoms with Crippen LogP contribution in [0.3, 0.4) is 0 Å². The zero-order valence-corrected chi connectivity index (χ0v) is 11.8. The lowest BCUT2D eigenvalue weighted by Crippen LogP contribution is -2.14. The molecule has 0 radical (unpaired) electrons. The Bertz CT molecular complexity index is 734. The third-order valence-electron chi connectivity index (χ3n) is 2.55. The highest BCUT2D eigenvalue weighted by Crippen LogP contribution is 2.27. The van der Waals surface area contributed by atoms with Gasteiger partial charge < -0.3 is 4.74 Å². The van der Waals surface area contributed by atoms with Crippen LogP contribution in [0.1, 0.15) is 5.56 Å². The van der Waals surface area contributed by atoms with E-state index in [1.807, 2.05) is 0 Å². The van der Waals surface area contributed by atoms with Crippen LogP contribution in [0.5, 0.6) is 5.75 Å². The Hall–Kier alpha value is -1.63. The Morgan fingerprint density at radius 1 is 1.20 bits per heavy atom. The first kappa shape index (κ1) is 14.8. The number of primary sulfonamides is 1. The predicted octanol–water partition coefficient (Wildman–Crippen LogP) is 2.71. The molecule has 106 valence electrons. The van der Waals surface area contributed by atoms with E-state index in [2.05, 4.69) is 0 Å². The molecular formula is C13H11ClFNO3S. The van der Waals surface area contributed by atoms with Crippen LogP contribution in [0.15, 0.2) is 47.4 Å². The van der Waals surface area contributed by atoms with Gasteiger partial charge in [0.1, 0.15) is 23.1 Å². The van der Waals surface area contributed by atoms with Crippen molar-refractivity contribution in [2.45, 2.75) is 11.5 Å². The van der Waals surface area contributed by atoms with Crippen molar-refractivity contribution in [3.8, 4) is 5.75 Å². The van der Waals surface area contributed by atoms with Crippen molar-refractivity contribution >= 4 is 21.6 Å². The van der Waals surface area contributed by atoms with Gasteiger partial charge in [0, 0.05) is 10.6 Å². The molecule has 2 rings (SSSR count). The van der Waals surface area contributed by atoms with E-state index in [1.54, 1.807) is 18.2 Å². The van der Waals surface area contributed by atoms with Gasteiger partial charge in [0.15, 0.2) is 0 Å². The molecule has 2 aromatic rings. The second-order valence-electron chi connectivity index (χ2n) is 4.02. The summed E-state index contributed by atoms with van der Waals surface area (Å²) in [6, 6.07) is 10.1. The zero-order valence-electron chi connectivity index (χ0n) is 10.2. The summed E-state index contributed by atoms with van der Waals surface area (Å²) in [5.41, 5.74) is 0.308. The first-order valence-corrected chi connectivity index (χ1v) is 7.49. The minimum Gasteiger partial charge on any atom is -0.487 e. The average molecular weight is 316 g/mol. The summed E-state index contributed by atoms with van der Waals surface area (Å²) in [5, 5.41) is 5.30. The smallest absolute Gasteiger partial charge is 0.241 e. The first-order chi connectivity index (χ1) is 9.38. The average Bonchev–Trinajstić information content (AvgIpc) is 2.38. The topological polar surface area (TPSA) is 69.4 Å². The van der Waals surface area contributed by atoms with Crippen LogP contribution >= 0.6 is 11.6 Å². The molecule has 0 aliphatic heterocycles. The molecule has 0 amide bonds. The largest absolute Gasteiger partial charge is 0.487 e. The van der Waals surface area contributed by atoms with Crippen molar-refractivity contribution in [3.05, 3.63) is 58.9 Å². The molecule has 2 aromatic carbocycles. The van der Waals surface area contributed by atoms with Crippen LogP contribution < -0.4 is 9.88 Å². The van der Waals surface area contributed by atoms with Crippen molar-refractivity contribution in [1.29, 1.82) is 0 Å². The second-order valence-corrected chi connectivity index (χ2v) is 5.98. The number of sulfonamides is 1. The SMILES string of the molecule is NS(=O)(=O)c1cc(Cl)ccc1OCc1ccccc1F. The Morgan fingerprint density at radius 3 is 2.55 bits per heavy atom. The lowest BCUT2D eigenvalue weighted by Gasteiger charge is -2.11. The number of hydrogen-bond donors (Lipinski definition) is 1. The monoisotopic (exact) mass is 315 g/mol.